The van der Waals surface area contributed by atoms with Crippen molar-refractivity contribution in [1.82, 2.24) is 10.2 Å². The van der Waals surface area contributed by atoms with Crippen LogP contribution in [0.2, 0.25) is 0 Å². The molecule has 0 radical (unpaired) electrons. The Morgan fingerprint density at radius 2 is 1.67 bits per heavy atom. The van der Waals surface area contributed by atoms with Crippen LogP contribution in [0.25, 0.3) is 0 Å². The second-order valence-electron chi connectivity index (χ2n) is 6.91. The van der Waals surface area contributed by atoms with Gasteiger partial charge in [-0.3, -0.25) is 0 Å². The van der Waals surface area contributed by atoms with Crippen molar-refractivity contribution < 1.29 is 0 Å². The topological polar surface area (TPSA) is 15.3 Å². The number of hydrogen-bond donors (Lipinski definition) is 1. The lowest BCUT2D eigenvalue weighted by molar-refractivity contribution is 0.148. The molecule has 0 bridgehead atoms. The van der Waals surface area contributed by atoms with Crippen LogP contribution in [-0.4, -0.2) is 37.1 Å². The van der Waals surface area contributed by atoms with Gasteiger partial charge in [-0.1, -0.05) is 27.7 Å². The average Bonchev–Trinajstić information content (AvgIpc) is 2.28. The summed E-state index contributed by atoms with van der Waals surface area (Å²) >= 11 is 0. The smallest absolute Gasteiger partial charge is 0.00925 e. The van der Waals surface area contributed by atoms with E-state index in [1.807, 2.05) is 0 Å². The van der Waals surface area contributed by atoms with Gasteiger partial charge in [0.15, 0.2) is 0 Å². The maximum absolute atomic E-state index is 3.54. The Hall–Kier alpha value is -0.0800. The molecule has 0 aromatic carbocycles. The van der Waals surface area contributed by atoms with Gasteiger partial charge in [0.05, 0.1) is 0 Å². The van der Waals surface area contributed by atoms with Gasteiger partial charge in [0, 0.05) is 18.6 Å². The fourth-order valence-corrected chi connectivity index (χ4v) is 3.18. The Kier molecular flexibility index (Phi) is 7.25. The highest BCUT2D eigenvalue weighted by molar-refractivity contribution is 4.79. The number of hydrogen-bond acceptors (Lipinski definition) is 2. The molecule has 0 spiro atoms. The normalized spacial score (nSPS) is 25.3. The van der Waals surface area contributed by atoms with Gasteiger partial charge in [-0.15, -0.1) is 0 Å². The zero-order valence-electron chi connectivity index (χ0n) is 13.2. The van der Waals surface area contributed by atoms with Gasteiger partial charge in [-0.25, -0.2) is 0 Å². The molecule has 1 aliphatic rings. The van der Waals surface area contributed by atoms with E-state index in [1.165, 1.54) is 45.2 Å². The predicted octanol–water partition coefficient (Wildman–Crippen LogP) is 3.52. The maximum atomic E-state index is 3.54. The van der Waals surface area contributed by atoms with Crippen molar-refractivity contribution in [3.63, 3.8) is 0 Å². The first kappa shape index (κ1) is 16.0. The minimum absolute atomic E-state index is 0.638. The van der Waals surface area contributed by atoms with E-state index in [-0.39, 0.29) is 0 Å². The highest BCUT2D eigenvalue weighted by atomic mass is 15.1. The van der Waals surface area contributed by atoms with Gasteiger partial charge in [0.25, 0.3) is 0 Å². The van der Waals surface area contributed by atoms with Gasteiger partial charge >= 0.3 is 0 Å². The van der Waals surface area contributed by atoms with E-state index in [2.05, 4.69) is 45.0 Å². The third-order valence-electron chi connectivity index (χ3n) is 4.20. The molecule has 0 unspecified atom stereocenters. The van der Waals surface area contributed by atoms with Crippen molar-refractivity contribution in [3.05, 3.63) is 0 Å². The summed E-state index contributed by atoms with van der Waals surface area (Å²) in [7, 11) is 2.31. The van der Waals surface area contributed by atoms with Crippen molar-refractivity contribution in [2.45, 2.75) is 71.9 Å². The van der Waals surface area contributed by atoms with Crippen LogP contribution in [0.3, 0.4) is 0 Å². The fraction of sp³-hybridized carbons (Fsp3) is 1.00. The van der Waals surface area contributed by atoms with Crippen LogP contribution in [0.15, 0.2) is 0 Å². The van der Waals surface area contributed by atoms with Gasteiger partial charge in [-0.05, 0) is 57.5 Å². The van der Waals surface area contributed by atoms with Crippen LogP contribution in [-0.2, 0) is 0 Å². The highest BCUT2D eigenvalue weighted by Gasteiger charge is 2.23. The lowest BCUT2D eigenvalue weighted by Crippen LogP contribution is -2.37. The second kappa shape index (κ2) is 8.16. The van der Waals surface area contributed by atoms with Crippen molar-refractivity contribution in [2.24, 2.45) is 11.8 Å². The van der Waals surface area contributed by atoms with E-state index in [9.17, 15) is 0 Å². The summed E-state index contributed by atoms with van der Waals surface area (Å²) in [6, 6.07) is 1.49. The lowest BCUT2D eigenvalue weighted by atomic mass is 9.83. The monoisotopic (exact) mass is 254 g/mol. The van der Waals surface area contributed by atoms with Crippen molar-refractivity contribution >= 4 is 0 Å². The van der Waals surface area contributed by atoms with Crippen LogP contribution in [0.1, 0.15) is 59.8 Å². The standard InChI is InChI=1S/C16H34N2/c1-13(2)12-18(5)16-8-6-15(7-9-16)10-11-17-14(3)4/h13-17H,6-12H2,1-5H3. The summed E-state index contributed by atoms with van der Waals surface area (Å²) in [5.74, 6) is 1.77. The van der Waals surface area contributed by atoms with Crippen LogP contribution < -0.4 is 5.32 Å². The number of nitrogens with zero attached hydrogens (tertiary/aromatic N) is 1. The molecular weight excluding hydrogens is 220 g/mol. The molecule has 18 heavy (non-hydrogen) atoms. The van der Waals surface area contributed by atoms with Crippen molar-refractivity contribution in [2.75, 3.05) is 20.1 Å². The quantitative estimate of drug-likeness (QED) is 0.748. The third-order valence-corrected chi connectivity index (χ3v) is 4.20. The van der Waals surface area contributed by atoms with E-state index in [0.717, 1.165) is 17.9 Å². The molecule has 0 aliphatic heterocycles. The van der Waals surface area contributed by atoms with E-state index >= 15 is 0 Å². The molecule has 0 heterocycles. The Bertz CT molecular complexity index is 205. The summed E-state index contributed by atoms with van der Waals surface area (Å²) in [6.45, 7) is 11.6. The predicted molar refractivity (Wildman–Crippen MR) is 81.0 cm³/mol. The first-order valence-electron chi connectivity index (χ1n) is 7.92. The van der Waals surface area contributed by atoms with Crippen LogP contribution in [0.5, 0.6) is 0 Å². The Labute approximate surface area is 115 Å². The van der Waals surface area contributed by atoms with Crippen LogP contribution in [0, 0.1) is 11.8 Å². The zero-order chi connectivity index (χ0) is 13.5. The van der Waals surface area contributed by atoms with Crippen molar-refractivity contribution in [1.29, 1.82) is 0 Å². The lowest BCUT2D eigenvalue weighted by Gasteiger charge is -2.35. The van der Waals surface area contributed by atoms with Gasteiger partial charge in [-0.2, -0.15) is 0 Å². The molecule has 0 amide bonds. The van der Waals surface area contributed by atoms with Crippen molar-refractivity contribution in [3.8, 4) is 0 Å². The summed E-state index contributed by atoms with van der Waals surface area (Å²) in [4.78, 5) is 2.59. The number of rotatable bonds is 7. The minimum Gasteiger partial charge on any atom is -0.315 e. The Morgan fingerprint density at radius 3 is 2.17 bits per heavy atom. The molecule has 0 atom stereocenters. The van der Waals surface area contributed by atoms with E-state index in [4.69, 9.17) is 0 Å². The minimum atomic E-state index is 0.638. The summed E-state index contributed by atoms with van der Waals surface area (Å²) < 4.78 is 0. The molecule has 1 rings (SSSR count). The molecule has 1 fully saturated rings. The number of nitrogens with one attached hydrogen (secondary N) is 1. The first-order chi connectivity index (χ1) is 8.49. The summed E-state index contributed by atoms with van der Waals surface area (Å²) in [6.07, 6.45) is 7.07. The largest absolute Gasteiger partial charge is 0.315 e. The Balaban J connectivity index is 2.16. The molecule has 108 valence electrons. The van der Waals surface area contributed by atoms with Gasteiger partial charge in [0.1, 0.15) is 0 Å². The SMILES string of the molecule is CC(C)CN(C)C1CCC(CCNC(C)C)CC1. The highest BCUT2D eigenvalue weighted by Crippen LogP contribution is 2.29. The molecular formula is C16H34N2. The zero-order valence-corrected chi connectivity index (χ0v) is 13.2. The molecule has 1 N–H and O–H groups in total. The van der Waals surface area contributed by atoms with Gasteiger partial charge < -0.3 is 10.2 Å². The van der Waals surface area contributed by atoms with Crippen LogP contribution in [0.4, 0.5) is 0 Å². The molecule has 0 saturated heterocycles. The third kappa shape index (κ3) is 6.19. The summed E-state index contributed by atoms with van der Waals surface area (Å²) in [5, 5.41) is 3.54. The maximum Gasteiger partial charge on any atom is 0.00925 e. The summed E-state index contributed by atoms with van der Waals surface area (Å²) in [5.41, 5.74) is 0. The van der Waals surface area contributed by atoms with Crippen LogP contribution >= 0.6 is 0 Å². The molecule has 0 aromatic rings. The average molecular weight is 254 g/mol. The molecule has 2 nitrogen and oxygen atoms in total. The second-order valence-corrected chi connectivity index (χ2v) is 6.91. The molecule has 0 aromatic heterocycles. The Morgan fingerprint density at radius 1 is 1.06 bits per heavy atom. The first-order valence-corrected chi connectivity index (χ1v) is 7.92. The fourth-order valence-electron chi connectivity index (χ4n) is 3.18. The van der Waals surface area contributed by atoms with E-state index in [0.29, 0.717) is 6.04 Å². The molecule has 1 saturated carbocycles. The molecule has 2 heteroatoms. The van der Waals surface area contributed by atoms with Gasteiger partial charge in [0.2, 0.25) is 0 Å². The van der Waals surface area contributed by atoms with E-state index < -0.39 is 0 Å². The van der Waals surface area contributed by atoms with E-state index in [1.54, 1.807) is 0 Å². The molecule has 1 aliphatic carbocycles.